The summed E-state index contributed by atoms with van der Waals surface area (Å²) in [7, 11) is 2.89. The Morgan fingerprint density at radius 3 is 2.21 bits per heavy atom. The largest absolute Gasteiger partial charge is 0.502 e. The Balaban J connectivity index is 1.75. The predicted octanol–water partition coefficient (Wildman–Crippen LogP) is 2.11. The van der Waals surface area contributed by atoms with Crippen molar-refractivity contribution in [1.29, 1.82) is 0 Å². The van der Waals surface area contributed by atoms with Crippen molar-refractivity contribution in [1.82, 2.24) is 0 Å². The molecule has 2 aromatic carbocycles. The van der Waals surface area contributed by atoms with E-state index in [-0.39, 0.29) is 36.6 Å². The third-order valence-electron chi connectivity index (χ3n) is 6.01. The molecule has 1 saturated heterocycles. The number of esters is 1. The zero-order valence-corrected chi connectivity index (χ0v) is 15.9. The summed E-state index contributed by atoms with van der Waals surface area (Å²) in [5, 5.41) is 21.3. The molecule has 0 radical (unpaired) electrons. The highest BCUT2D eigenvalue weighted by atomic mass is 16.7. The summed E-state index contributed by atoms with van der Waals surface area (Å²) in [6.07, 6.45) is -0.867. The molecule has 29 heavy (non-hydrogen) atoms. The summed E-state index contributed by atoms with van der Waals surface area (Å²) in [5.74, 6) is -0.324. The number of benzene rings is 2. The Labute approximate surface area is 166 Å². The summed E-state index contributed by atoms with van der Waals surface area (Å²) in [4.78, 5) is 12.7. The normalized spacial score (nSPS) is 26.5. The van der Waals surface area contributed by atoms with E-state index < -0.39 is 23.9 Å². The zero-order valence-electron chi connectivity index (χ0n) is 15.9. The van der Waals surface area contributed by atoms with Crippen molar-refractivity contribution < 1.29 is 38.7 Å². The Bertz CT molecular complexity index is 975. The lowest BCUT2D eigenvalue weighted by Gasteiger charge is -2.37. The number of rotatable bonds is 3. The number of carbonyl (C=O) groups excluding carboxylic acids is 1. The van der Waals surface area contributed by atoms with Crippen LogP contribution in [-0.4, -0.2) is 43.8 Å². The van der Waals surface area contributed by atoms with Crippen molar-refractivity contribution in [3.8, 4) is 28.7 Å². The second-order valence-corrected chi connectivity index (χ2v) is 7.35. The third-order valence-corrected chi connectivity index (χ3v) is 6.01. The van der Waals surface area contributed by atoms with Crippen LogP contribution in [0.15, 0.2) is 24.3 Å². The van der Waals surface area contributed by atoms with Gasteiger partial charge in [-0.15, -0.1) is 0 Å². The highest BCUT2D eigenvalue weighted by Gasteiger charge is 2.52. The number of aliphatic hydroxyl groups excluding tert-OH is 1. The minimum Gasteiger partial charge on any atom is -0.502 e. The van der Waals surface area contributed by atoms with Crippen molar-refractivity contribution >= 4 is 5.97 Å². The van der Waals surface area contributed by atoms with Gasteiger partial charge < -0.3 is 33.9 Å². The fourth-order valence-electron chi connectivity index (χ4n) is 4.63. The van der Waals surface area contributed by atoms with Gasteiger partial charge in [-0.25, -0.2) is 0 Å². The molecule has 5 rings (SSSR count). The molecule has 3 aliphatic rings. The minimum absolute atomic E-state index is 0.106. The summed E-state index contributed by atoms with van der Waals surface area (Å²) in [6, 6.07) is 6.93. The number of fused-ring (bicyclic) bond motifs is 3. The van der Waals surface area contributed by atoms with Gasteiger partial charge in [0.2, 0.25) is 12.5 Å². The first-order valence-electron chi connectivity index (χ1n) is 9.26. The highest BCUT2D eigenvalue weighted by molar-refractivity contribution is 5.79. The maximum absolute atomic E-state index is 12.7. The van der Waals surface area contributed by atoms with Gasteiger partial charge in [-0.2, -0.15) is 0 Å². The van der Waals surface area contributed by atoms with Crippen LogP contribution in [0.3, 0.4) is 0 Å². The molecule has 0 aromatic heterocycles. The van der Waals surface area contributed by atoms with E-state index >= 15 is 0 Å². The first-order valence-corrected chi connectivity index (χ1v) is 9.26. The van der Waals surface area contributed by atoms with Crippen LogP contribution in [0, 0.1) is 11.8 Å². The molecule has 1 aliphatic carbocycles. The van der Waals surface area contributed by atoms with E-state index in [0.717, 1.165) is 5.56 Å². The van der Waals surface area contributed by atoms with E-state index in [2.05, 4.69) is 0 Å². The number of hydrogen-bond acceptors (Lipinski definition) is 8. The van der Waals surface area contributed by atoms with Crippen LogP contribution in [0.4, 0.5) is 0 Å². The number of aliphatic hydroxyl groups is 1. The standard InChI is InChI=1S/C21H20O8/c1-25-15-3-9(4-16(26-2)20(15)23)17-10-5-13-14(29-8-28-13)6-11(10)19(22)12-7-27-21(24)18(12)17/h3-6,12,17-19,22-23H,7-8H2,1-2H3/t12-,17?,18?,19-/m0/s1. The van der Waals surface area contributed by atoms with E-state index in [9.17, 15) is 15.0 Å². The fourth-order valence-corrected chi connectivity index (χ4v) is 4.63. The molecule has 2 aliphatic heterocycles. The average molecular weight is 400 g/mol. The SMILES string of the molecule is COc1cc(C2c3cc4c(cc3[C@H](O)[C@H]3COC(=O)C23)OCO4)cc(OC)c1O. The predicted molar refractivity (Wildman–Crippen MR) is 98.5 cm³/mol. The number of carbonyl (C=O) groups is 1. The smallest absolute Gasteiger partial charge is 0.310 e. The number of ether oxygens (including phenoxy) is 5. The Kier molecular flexibility index (Phi) is 3.99. The van der Waals surface area contributed by atoms with Crippen LogP contribution in [-0.2, 0) is 9.53 Å². The van der Waals surface area contributed by atoms with Crippen LogP contribution in [0.1, 0.15) is 28.7 Å². The second-order valence-electron chi connectivity index (χ2n) is 7.35. The maximum atomic E-state index is 12.7. The van der Waals surface area contributed by atoms with Gasteiger partial charge in [0.1, 0.15) is 0 Å². The van der Waals surface area contributed by atoms with Gasteiger partial charge in [-0.3, -0.25) is 4.79 Å². The molecule has 0 saturated carbocycles. The van der Waals surface area contributed by atoms with Gasteiger partial charge in [0.15, 0.2) is 23.0 Å². The van der Waals surface area contributed by atoms with Crippen molar-refractivity contribution in [3.63, 3.8) is 0 Å². The summed E-state index contributed by atoms with van der Waals surface area (Å²) >= 11 is 0. The molecule has 2 heterocycles. The molecule has 4 atom stereocenters. The van der Waals surface area contributed by atoms with Crippen molar-refractivity contribution in [3.05, 3.63) is 41.0 Å². The summed E-state index contributed by atoms with van der Waals surface area (Å²) in [5.41, 5.74) is 2.12. The van der Waals surface area contributed by atoms with Crippen LogP contribution in [0.5, 0.6) is 28.7 Å². The molecular weight excluding hydrogens is 380 g/mol. The zero-order chi connectivity index (χ0) is 20.3. The Morgan fingerprint density at radius 1 is 0.966 bits per heavy atom. The Hall–Kier alpha value is -3.13. The van der Waals surface area contributed by atoms with Crippen molar-refractivity contribution in [2.75, 3.05) is 27.6 Å². The molecule has 2 N–H and O–H groups in total. The average Bonchev–Trinajstić information content (AvgIpc) is 3.34. The first kappa shape index (κ1) is 17.9. The van der Waals surface area contributed by atoms with Gasteiger partial charge in [0.05, 0.1) is 32.8 Å². The molecule has 2 aromatic rings. The minimum atomic E-state index is -0.867. The van der Waals surface area contributed by atoms with E-state index in [0.29, 0.717) is 22.6 Å². The number of aromatic hydroxyl groups is 1. The lowest BCUT2D eigenvalue weighted by Crippen LogP contribution is -2.34. The second kappa shape index (κ2) is 6.45. The summed E-state index contributed by atoms with van der Waals surface area (Å²) in [6.45, 7) is 0.246. The topological polar surface area (TPSA) is 104 Å². The molecule has 152 valence electrons. The van der Waals surface area contributed by atoms with Gasteiger partial charge in [0.25, 0.3) is 0 Å². The third kappa shape index (κ3) is 2.52. The number of cyclic esters (lactones) is 1. The van der Waals surface area contributed by atoms with Gasteiger partial charge >= 0.3 is 5.97 Å². The lowest BCUT2D eigenvalue weighted by molar-refractivity contribution is -0.141. The molecular formula is C21H20O8. The van der Waals surface area contributed by atoms with Crippen molar-refractivity contribution in [2.45, 2.75) is 12.0 Å². The molecule has 2 unspecified atom stereocenters. The number of phenolic OH excluding ortho intramolecular Hbond substituents is 1. The maximum Gasteiger partial charge on any atom is 0.310 e. The number of hydrogen-bond donors (Lipinski definition) is 2. The molecule has 8 nitrogen and oxygen atoms in total. The monoisotopic (exact) mass is 400 g/mol. The molecule has 0 amide bonds. The van der Waals surface area contributed by atoms with Crippen LogP contribution >= 0.6 is 0 Å². The van der Waals surface area contributed by atoms with E-state index in [1.807, 2.05) is 0 Å². The molecule has 1 fully saturated rings. The fraction of sp³-hybridized carbons (Fsp3) is 0.381. The quantitative estimate of drug-likeness (QED) is 0.755. The first-order chi connectivity index (χ1) is 14.0. The molecule has 8 heteroatoms. The number of phenols is 1. The molecule has 0 spiro atoms. The van der Waals surface area contributed by atoms with Crippen LogP contribution in [0.25, 0.3) is 0 Å². The number of methoxy groups -OCH3 is 2. The summed E-state index contributed by atoms with van der Waals surface area (Å²) < 4.78 is 26.9. The van der Waals surface area contributed by atoms with Gasteiger partial charge in [0, 0.05) is 11.8 Å². The van der Waals surface area contributed by atoms with E-state index in [1.54, 1.807) is 24.3 Å². The van der Waals surface area contributed by atoms with Crippen LogP contribution < -0.4 is 18.9 Å². The Morgan fingerprint density at radius 2 is 1.59 bits per heavy atom. The molecule has 0 bridgehead atoms. The van der Waals surface area contributed by atoms with E-state index in [4.69, 9.17) is 23.7 Å². The van der Waals surface area contributed by atoms with Crippen molar-refractivity contribution in [2.24, 2.45) is 11.8 Å². The van der Waals surface area contributed by atoms with Gasteiger partial charge in [-0.1, -0.05) is 0 Å². The lowest BCUT2D eigenvalue weighted by atomic mass is 9.66. The van der Waals surface area contributed by atoms with E-state index in [1.165, 1.54) is 14.2 Å². The highest BCUT2D eigenvalue weighted by Crippen LogP contribution is 2.55. The van der Waals surface area contributed by atoms with Crippen LogP contribution in [0.2, 0.25) is 0 Å². The van der Waals surface area contributed by atoms with Gasteiger partial charge in [-0.05, 0) is 41.0 Å².